The van der Waals surface area contributed by atoms with Gasteiger partial charge in [0.15, 0.2) is 5.65 Å². The van der Waals surface area contributed by atoms with E-state index in [-0.39, 0.29) is 11.2 Å². The summed E-state index contributed by atoms with van der Waals surface area (Å²) in [6, 6.07) is 4.03. The number of nitrogens with one attached hydrogen (secondary N) is 1. The van der Waals surface area contributed by atoms with Crippen molar-refractivity contribution in [2.45, 2.75) is 20.8 Å². The predicted molar refractivity (Wildman–Crippen MR) is 126 cm³/mol. The van der Waals surface area contributed by atoms with Crippen LogP contribution >= 0.6 is 0 Å². The average molecular weight is 458 g/mol. The van der Waals surface area contributed by atoms with Crippen LogP contribution in [0.2, 0.25) is 0 Å². The number of hydrogen-bond acceptors (Lipinski definition) is 6. The minimum absolute atomic E-state index is 0.190. The van der Waals surface area contributed by atoms with Crippen LogP contribution in [0.25, 0.3) is 11.7 Å². The number of fused-ring (bicyclic) bond motifs is 1. The number of morpholine rings is 1. The van der Waals surface area contributed by atoms with Gasteiger partial charge in [0.05, 0.1) is 36.7 Å². The van der Waals surface area contributed by atoms with Gasteiger partial charge in [-0.3, -0.25) is 9.52 Å². The van der Waals surface area contributed by atoms with Gasteiger partial charge < -0.3 is 9.64 Å². The number of ether oxygens (including phenoxy) is 1. The first-order valence-corrected chi connectivity index (χ1v) is 11.9. The number of rotatable bonds is 5. The topological polar surface area (TPSA) is 97.9 Å². The fraction of sp³-hybridized carbons (Fsp3) is 0.364. The standard InChI is InChI=1S/C22H27N5O4S/c1-15-11-16(2)19(17(3)12-15)5-10-32(29,30)24-18-13-23-21-20(26-6-8-31-9-7-26)22(28)25(4)27(21)14-18/h5,10-14,24H,6-9H2,1-4H3. The molecule has 0 saturated carbocycles. The third-order valence-electron chi connectivity index (χ3n) is 5.58. The highest BCUT2D eigenvalue weighted by Gasteiger charge is 2.22. The van der Waals surface area contributed by atoms with E-state index in [0.717, 1.165) is 27.7 Å². The summed E-state index contributed by atoms with van der Waals surface area (Å²) in [5.74, 6) is 0. The van der Waals surface area contributed by atoms with Gasteiger partial charge in [0.1, 0.15) is 5.69 Å². The smallest absolute Gasteiger partial charge is 0.292 e. The Balaban J connectivity index is 1.63. The van der Waals surface area contributed by atoms with Crippen LogP contribution in [0.5, 0.6) is 0 Å². The molecular formula is C22H27N5O4S. The molecule has 0 spiro atoms. The summed E-state index contributed by atoms with van der Waals surface area (Å²) < 4.78 is 36.2. The second-order valence-corrected chi connectivity index (χ2v) is 9.62. The number of aryl methyl sites for hydroxylation is 4. The summed E-state index contributed by atoms with van der Waals surface area (Å²) >= 11 is 0. The molecule has 0 atom stereocenters. The van der Waals surface area contributed by atoms with E-state index in [4.69, 9.17) is 4.74 Å². The number of hydrogen-bond donors (Lipinski definition) is 1. The van der Waals surface area contributed by atoms with Gasteiger partial charge in [0.25, 0.3) is 15.6 Å². The van der Waals surface area contributed by atoms with Crippen LogP contribution in [-0.2, 0) is 21.8 Å². The molecule has 32 heavy (non-hydrogen) atoms. The van der Waals surface area contributed by atoms with Crippen LogP contribution in [0, 0.1) is 20.8 Å². The minimum atomic E-state index is -3.78. The maximum Gasteiger partial charge on any atom is 0.292 e. The molecule has 1 N–H and O–H groups in total. The Morgan fingerprint density at radius 1 is 1.12 bits per heavy atom. The van der Waals surface area contributed by atoms with Gasteiger partial charge >= 0.3 is 0 Å². The number of aromatic nitrogens is 3. The lowest BCUT2D eigenvalue weighted by molar-refractivity contribution is 0.122. The monoisotopic (exact) mass is 457 g/mol. The zero-order valence-electron chi connectivity index (χ0n) is 18.6. The molecule has 3 aromatic rings. The molecular weight excluding hydrogens is 430 g/mol. The van der Waals surface area contributed by atoms with Gasteiger partial charge in [-0.25, -0.2) is 22.6 Å². The first-order valence-electron chi connectivity index (χ1n) is 10.3. The number of benzene rings is 1. The molecule has 0 aliphatic carbocycles. The highest BCUT2D eigenvalue weighted by atomic mass is 32.2. The molecule has 0 radical (unpaired) electrons. The first kappa shape index (κ1) is 22.1. The summed E-state index contributed by atoms with van der Waals surface area (Å²) in [5, 5.41) is 1.15. The van der Waals surface area contributed by atoms with Crippen molar-refractivity contribution in [3.8, 4) is 0 Å². The van der Waals surface area contributed by atoms with Crippen molar-refractivity contribution in [2.24, 2.45) is 7.05 Å². The summed E-state index contributed by atoms with van der Waals surface area (Å²) in [6.07, 6.45) is 4.58. The Morgan fingerprint density at radius 3 is 2.44 bits per heavy atom. The largest absolute Gasteiger partial charge is 0.378 e. The van der Waals surface area contributed by atoms with Gasteiger partial charge in [-0.05, 0) is 43.5 Å². The molecule has 4 rings (SSSR count). The number of sulfonamides is 1. The Kier molecular flexibility index (Phi) is 5.83. The van der Waals surface area contributed by atoms with E-state index < -0.39 is 10.0 Å². The molecule has 1 saturated heterocycles. The summed E-state index contributed by atoms with van der Waals surface area (Å²) in [5.41, 5.74) is 5.07. The highest BCUT2D eigenvalue weighted by Crippen LogP contribution is 2.21. The van der Waals surface area contributed by atoms with Crippen molar-refractivity contribution in [2.75, 3.05) is 35.9 Å². The van der Waals surface area contributed by atoms with Gasteiger partial charge in [-0.2, -0.15) is 0 Å². The molecule has 3 heterocycles. The SMILES string of the molecule is Cc1cc(C)c(C=CS(=O)(=O)Nc2cnc3c(N4CCOCC4)c(=O)n(C)n3c2)c(C)c1. The lowest BCUT2D eigenvalue weighted by Gasteiger charge is -2.26. The van der Waals surface area contributed by atoms with Gasteiger partial charge in [0, 0.05) is 20.1 Å². The van der Waals surface area contributed by atoms with Crippen LogP contribution < -0.4 is 15.2 Å². The van der Waals surface area contributed by atoms with Crippen LogP contribution in [0.3, 0.4) is 0 Å². The predicted octanol–water partition coefficient (Wildman–Crippen LogP) is 2.21. The molecule has 170 valence electrons. The first-order chi connectivity index (χ1) is 15.2. The van der Waals surface area contributed by atoms with Gasteiger partial charge in [-0.15, -0.1) is 0 Å². The van der Waals surface area contributed by atoms with Crippen LogP contribution in [0.1, 0.15) is 22.3 Å². The zero-order valence-corrected chi connectivity index (χ0v) is 19.4. The Bertz CT molecular complexity index is 1340. The molecule has 1 aliphatic heterocycles. The quantitative estimate of drug-likeness (QED) is 0.631. The second-order valence-electron chi connectivity index (χ2n) is 8.05. The third-order valence-corrected chi connectivity index (χ3v) is 6.59. The zero-order chi connectivity index (χ0) is 23.0. The van der Waals surface area contributed by atoms with E-state index in [1.165, 1.54) is 10.9 Å². The van der Waals surface area contributed by atoms with Crippen LogP contribution in [0.4, 0.5) is 11.4 Å². The van der Waals surface area contributed by atoms with Crippen molar-refractivity contribution in [1.82, 2.24) is 14.2 Å². The van der Waals surface area contributed by atoms with Crippen LogP contribution in [-0.4, -0.2) is 48.9 Å². The fourth-order valence-electron chi connectivity index (χ4n) is 4.09. The maximum atomic E-state index is 12.8. The second kappa shape index (κ2) is 8.44. The van der Waals surface area contributed by atoms with E-state index in [1.54, 1.807) is 23.8 Å². The Morgan fingerprint density at radius 2 is 1.78 bits per heavy atom. The molecule has 9 nitrogen and oxygen atoms in total. The molecule has 2 aromatic heterocycles. The van der Waals surface area contributed by atoms with Gasteiger partial charge in [-0.1, -0.05) is 17.7 Å². The van der Waals surface area contributed by atoms with E-state index >= 15 is 0 Å². The highest BCUT2D eigenvalue weighted by molar-refractivity contribution is 7.95. The van der Waals surface area contributed by atoms with Crippen LogP contribution in [0.15, 0.2) is 34.7 Å². The molecule has 1 fully saturated rings. The fourth-order valence-corrected chi connectivity index (χ4v) is 4.90. The van der Waals surface area contributed by atoms with E-state index in [9.17, 15) is 13.2 Å². The Labute approximate surface area is 187 Å². The van der Waals surface area contributed by atoms with Crippen molar-refractivity contribution in [3.05, 3.63) is 62.5 Å². The molecule has 0 bridgehead atoms. The van der Waals surface area contributed by atoms with E-state index in [2.05, 4.69) is 9.71 Å². The maximum absolute atomic E-state index is 12.8. The average Bonchev–Trinajstić information content (AvgIpc) is 2.97. The Hall–Kier alpha value is -3.11. The third kappa shape index (κ3) is 4.28. The summed E-state index contributed by atoms with van der Waals surface area (Å²) in [6.45, 7) is 8.22. The van der Waals surface area contributed by atoms with E-state index in [0.29, 0.717) is 37.6 Å². The molecule has 1 aliphatic rings. The van der Waals surface area contributed by atoms with E-state index in [1.807, 2.05) is 37.8 Å². The molecule has 10 heteroatoms. The molecule has 0 unspecified atom stereocenters. The summed E-state index contributed by atoms with van der Waals surface area (Å²) in [7, 11) is -2.15. The lowest BCUT2D eigenvalue weighted by atomic mass is 10.0. The lowest BCUT2D eigenvalue weighted by Crippen LogP contribution is -2.39. The number of nitrogens with zero attached hydrogens (tertiary/aromatic N) is 4. The molecule has 1 aromatic carbocycles. The normalized spacial score (nSPS) is 15.1. The number of anilines is 2. The van der Waals surface area contributed by atoms with Crippen molar-refractivity contribution in [3.63, 3.8) is 0 Å². The van der Waals surface area contributed by atoms with Crippen molar-refractivity contribution >= 4 is 33.1 Å². The summed E-state index contributed by atoms with van der Waals surface area (Å²) in [4.78, 5) is 19.1. The van der Waals surface area contributed by atoms with Crippen molar-refractivity contribution < 1.29 is 13.2 Å². The molecule has 0 amide bonds. The van der Waals surface area contributed by atoms with Gasteiger partial charge in [0.2, 0.25) is 0 Å². The minimum Gasteiger partial charge on any atom is -0.378 e. The van der Waals surface area contributed by atoms with Crippen molar-refractivity contribution in [1.29, 1.82) is 0 Å².